The monoisotopic (exact) mass is 396 g/mol. The molecule has 1 amide bonds. The summed E-state index contributed by atoms with van der Waals surface area (Å²) in [5, 5.41) is 10.5. The molecule has 140 valence electrons. The lowest BCUT2D eigenvalue weighted by molar-refractivity contribution is -0.126. The fourth-order valence-electron chi connectivity index (χ4n) is 3.65. The quantitative estimate of drug-likeness (QED) is 0.816. The molecule has 0 atom stereocenters. The van der Waals surface area contributed by atoms with E-state index in [9.17, 15) is 13.2 Å². The largest absolute Gasteiger partial charge is 0.324 e. The van der Waals surface area contributed by atoms with Crippen molar-refractivity contribution in [3.8, 4) is 0 Å². The van der Waals surface area contributed by atoms with E-state index in [2.05, 4.69) is 15.7 Å². The number of fused-ring (bicyclic) bond motifs is 1. The van der Waals surface area contributed by atoms with E-state index in [1.54, 1.807) is 41.3 Å². The second-order valence-electron chi connectivity index (χ2n) is 6.58. The predicted octanol–water partition coefficient (Wildman–Crippen LogP) is 1.35. The fraction of sp³-hybridized carbons (Fsp3) is 0.412. The number of nitrogens with zero attached hydrogens (tertiary/aromatic N) is 2. The van der Waals surface area contributed by atoms with E-state index in [-0.39, 0.29) is 24.1 Å². The van der Waals surface area contributed by atoms with Crippen LogP contribution in [0.4, 0.5) is 5.69 Å². The van der Waals surface area contributed by atoms with Crippen LogP contribution < -0.4 is 10.6 Å². The number of carbonyl (C=O) groups excluding carboxylic acids is 1. The SMILES string of the molecule is Cl.O=C(Nc1ccc2c(c1)S(=O)(=O)CC2)C1(n2cccn2)CCNCC1. The van der Waals surface area contributed by atoms with E-state index in [0.717, 1.165) is 18.7 Å². The number of aromatic nitrogens is 2. The van der Waals surface area contributed by atoms with Gasteiger partial charge in [0, 0.05) is 18.1 Å². The summed E-state index contributed by atoms with van der Waals surface area (Å²) in [6.07, 6.45) is 5.26. The maximum absolute atomic E-state index is 13.1. The highest BCUT2D eigenvalue weighted by Crippen LogP contribution is 2.31. The average Bonchev–Trinajstić information content (AvgIpc) is 3.25. The molecule has 2 aromatic rings. The van der Waals surface area contributed by atoms with Crippen LogP contribution in [0.1, 0.15) is 18.4 Å². The molecule has 0 unspecified atom stereocenters. The number of nitrogens with one attached hydrogen (secondary N) is 2. The summed E-state index contributed by atoms with van der Waals surface area (Å²) in [6, 6.07) is 6.94. The molecule has 0 aliphatic carbocycles. The number of hydrogen-bond acceptors (Lipinski definition) is 5. The van der Waals surface area contributed by atoms with Crippen LogP contribution in [0, 0.1) is 0 Å². The summed E-state index contributed by atoms with van der Waals surface area (Å²) in [6.45, 7) is 1.46. The second-order valence-corrected chi connectivity index (χ2v) is 8.66. The molecule has 1 fully saturated rings. The van der Waals surface area contributed by atoms with Gasteiger partial charge in [0.2, 0.25) is 0 Å². The van der Waals surface area contributed by atoms with Crippen LogP contribution in [0.2, 0.25) is 0 Å². The first-order chi connectivity index (χ1) is 12.0. The third-order valence-corrected chi connectivity index (χ3v) is 6.89. The standard InChI is InChI=1S/C17H20N4O3S.ClH/c22-16(17(5-8-18-9-6-17)21-10-1-7-19-21)20-14-3-2-13-4-11-25(23,24)15(13)12-14;/h1-3,7,10,12,18H,4-6,8-9,11H2,(H,20,22);1H. The lowest BCUT2D eigenvalue weighted by Crippen LogP contribution is -2.52. The highest BCUT2D eigenvalue weighted by atomic mass is 35.5. The van der Waals surface area contributed by atoms with Crippen molar-refractivity contribution >= 4 is 33.8 Å². The Bertz CT molecular complexity index is 906. The number of rotatable bonds is 3. The Morgan fingerprint density at radius 2 is 2.04 bits per heavy atom. The van der Waals surface area contributed by atoms with Gasteiger partial charge in [0.25, 0.3) is 5.91 Å². The van der Waals surface area contributed by atoms with Crippen LogP contribution >= 0.6 is 12.4 Å². The van der Waals surface area contributed by atoms with Crippen LogP contribution in [0.3, 0.4) is 0 Å². The molecule has 2 aliphatic heterocycles. The summed E-state index contributed by atoms with van der Waals surface area (Å²) in [5.74, 6) is -0.0177. The van der Waals surface area contributed by atoms with Crippen molar-refractivity contribution in [2.45, 2.75) is 29.7 Å². The highest BCUT2D eigenvalue weighted by Gasteiger charge is 2.42. The van der Waals surface area contributed by atoms with Crippen LogP contribution in [-0.4, -0.2) is 42.9 Å². The lowest BCUT2D eigenvalue weighted by Gasteiger charge is -2.36. The Kier molecular flexibility index (Phi) is 5.09. The minimum Gasteiger partial charge on any atom is -0.324 e. The molecular formula is C17H21ClN4O3S. The Labute approximate surface area is 158 Å². The number of sulfone groups is 1. The lowest BCUT2D eigenvalue weighted by atomic mass is 9.87. The smallest absolute Gasteiger partial charge is 0.252 e. The van der Waals surface area contributed by atoms with Gasteiger partial charge in [-0.2, -0.15) is 5.10 Å². The second kappa shape index (κ2) is 7.02. The number of hydrogen-bond donors (Lipinski definition) is 2. The van der Waals surface area contributed by atoms with E-state index in [1.165, 1.54) is 0 Å². The maximum Gasteiger partial charge on any atom is 0.252 e. The van der Waals surface area contributed by atoms with Gasteiger partial charge in [0.05, 0.1) is 10.6 Å². The first-order valence-electron chi connectivity index (χ1n) is 8.39. The molecule has 1 aromatic heterocycles. The molecule has 9 heteroatoms. The maximum atomic E-state index is 13.1. The first-order valence-corrected chi connectivity index (χ1v) is 10.0. The summed E-state index contributed by atoms with van der Waals surface area (Å²) >= 11 is 0. The van der Waals surface area contributed by atoms with Crippen molar-refractivity contribution in [3.63, 3.8) is 0 Å². The van der Waals surface area contributed by atoms with Gasteiger partial charge >= 0.3 is 0 Å². The first kappa shape index (κ1) is 18.9. The molecule has 1 aromatic carbocycles. The number of anilines is 1. The molecule has 0 bridgehead atoms. The molecule has 2 aliphatic rings. The van der Waals surface area contributed by atoms with Gasteiger partial charge in [-0.05, 0) is 56.1 Å². The van der Waals surface area contributed by atoms with E-state index >= 15 is 0 Å². The molecule has 0 spiro atoms. The van der Waals surface area contributed by atoms with E-state index in [0.29, 0.717) is 29.8 Å². The molecule has 0 saturated carbocycles. The number of carbonyl (C=O) groups is 1. The van der Waals surface area contributed by atoms with Gasteiger partial charge in [-0.3, -0.25) is 9.48 Å². The zero-order valence-corrected chi connectivity index (χ0v) is 15.8. The van der Waals surface area contributed by atoms with Gasteiger partial charge < -0.3 is 10.6 Å². The zero-order valence-electron chi connectivity index (χ0n) is 14.1. The van der Waals surface area contributed by atoms with E-state index in [4.69, 9.17) is 0 Å². The summed E-state index contributed by atoms with van der Waals surface area (Å²) < 4.78 is 25.9. The number of benzene rings is 1. The highest BCUT2D eigenvalue weighted by molar-refractivity contribution is 7.91. The van der Waals surface area contributed by atoms with Crippen molar-refractivity contribution in [3.05, 3.63) is 42.2 Å². The van der Waals surface area contributed by atoms with Crippen LogP contribution in [0.15, 0.2) is 41.6 Å². The van der Waals surface area contributed by atoms with Crippen LogP contribution in [0.25, 0.3) is 0 Å². The number of aryl methyl sites for hydroxylation is 1. The third-order valence-electron chi connectivity index (χ3n) is 5.10. The van der Waals surface area contributed by atoms with Crippen molar-refractivity contribution < 1.29 is 13.2 Å². The number of amides is 1. The molecule has 1 saturated heterocycles. The Morgan fingerprint density at radius 3 is 2.73 bits per heavy atom. The molecule has 26 heavy (non-hydrogen) atoms. The van der Waals surface area contributed by atoms with Crippen LogP contribution in [-0.2, 0) is 26.6 Å². The van der Waals surface area contributed by atoms with Crippen molar-refractivity contribution in [1.82, 2.24) is 15.1 Å². The summed E-state index contributed by atoms with van der Waals surface area (Å²) in [4.78, 5) is 13.4. The van der Waals surface area contributed by atoms with Gasteiger partial charge in [-0.15, -0.1) is 12.4 Å². The number of piperidine rings is 1. The minimum absolute atomic E-state index is 0. The van der Waals surface area contributed by atoms with Crippen molar-refractivity contribution in [2.24, 2.45) is 0 Å². The topological polar surface area (TPSA) is 93.1 Å². The van der Waals surface area contributed by atoms with Crippen molar-refractivity contribution in [1.29, 1.82) is 0 Å². The van der Waals surface area contributed by atoms with Gasteiger partial charge in [-0.1, -0.05) is 6.07 Å². The van der Waals surface area contributed by atoms with E-state index in [1.807, 2.05) is 0 Å². The third kappa shape index (κ3) is 3.13. The number of halogens is 1. The van der Waals surface area contributed by atoms with Gasteiger partial charge in [-0.25, -0.2) is 8.42 Å². The summed E-state index contributed by atoms with van der Waals surface area (Å²) in [7, 11) is -3.23. The van der Waals surface area contributed by atoms with Gasteiger partial charge in [0.1, 0.15) is 5.54 Å². The van der Waals surface area contributed by atoms with Crippen molar-refractivity contribution in [2.75, 3.05) is 24.2 Å². The Morgan fingerprint density at radius 1 is 1.27 bits per heavy atom. The molecule has 7 nitrogen and oxygen atoms in total. The zero-order chi connectivity index (χ0) is 17.5. The van der Waals surface area contributed by atoms with Crippen LogP contribution in [0.5, 0.6) is 0 Å². The Hall–Kier alpha value is -1.90. The molecule has 3 heterocycles. The summed E-state index contributed by atoms with van der Waals surface area (Å²) in [5.41, 5.74) is 0.577. The Balaban J connectivity index is 0.00000196. The molecular weight excluding hydrogens is 376 g/mol. The molecule has 0 radical (unpaired) electrons. The minimum atomic E-state index is -3.23. The fourth-order valence-corrected chi connectivity index (χ4v) is 5.24. The predicted molar refractivity (Wildman–Crippen MR) is 100 cm³/mol. The van der Waals surface area contributed by atoms with E-state index < -0.39 is 15.4 Å². The average molecular weight is 397 g/mol. The molecule has 4 rings (SSSR count). The molecule has 2 N–H and O–H groups in total. The normalized spacial score (nSPS) is 20.0. The van der Waals surface area contributed by atoms with Gasteiger partial charge in [0.15, 0.2) is 9.84 Å².